The van der Waals surface area contributed by atoms with E-state index in [9.17, 15) is 14.7 Å². The summed E-state index contributed by atoms with van der Waals surface area (Å²) < 4.78 is 5.16. The van der Waals surface area contributed by atoms with Crippen LogP contribution < -0.4 is 9.64 Å². The molecule has 31 heavy (non-hydrogen) atoms. The van der Waals surface area contributed by atoms with Crippen molar-refractivity contribution < 1.29 is 19.4 Å². The van der Waals surface area contributed by atoms with Gasteiger partial charge in [-0.1, -0.05) is 35.4 Å². The molecule has 2 aromatic carbocycles. The number of benzene rings is 2. The van der Waals surface area contributed by atoms with Crippen molar-refractivity contribution in [1.29, 1.82) is 0 Å². The second kappa shape index (κ2) is 8.21. The van der Waals surface area contributed by atoms with E-state index in [4.69, 9.17) is 16.3 Å². The molecule has 0 spiro atoms. The SMILES string of the molecule is COc1ccc(/C(O)=C2/C(=O)C(=O)N(c3ccc(C)cc3C)C2c2cccs2)cc1Cl. The Balaban J connectivity index is 1.93. The van der Waals surface area contributed by atoms with Crippen LogP contribution >= 0.6 is 22.9 Å². The van der Waals surface area contributed by atoms with Gasteiger partial charge in [-0.15, -0.1) is 11.3 Å². The maximum absolute atomic E-state index is 13.2. The Kier molecular flexibility index (Phi) is 5.60. The van der Waals surface area contributed by atoms with Crippen molar-refractivity contribution in [2.24, 2.45) is 0 Å². The van der Waals surface area contributed by atoms with Gasteiger partial charge >= 0.3 is 0 Å². The smallest absolute Gasteiger partial charge is 0.300 e. The Morgan fingerprint density at radius 1 is 1.13 bits per heavy atom. The number of rotatable bonds is 4. The number of ketones is 1. The zero-order chi connectivity index (χ0) is 22.3. The van der Waals surface area contributed by atoms with Crippen molar-refractivity contribution in [3.8, 4) is 5.75 Å². The number of carbonyl (C=O) groups excluding carboxylic acids is 2. The van der Waals surface area contributed by atoms with Crippen molar-refractivity contribution >= 4 is 46.1 Å². The summed E-state index contributed by atoms with van der Waals surface area (Å²) in [4.78, 5) is 28.5. The fraction of sp³-hybridized carbons (Fsp3) is 0.167. The lowest BCUT2D eigenvalue weighted by Crippen LogP contribution is -2.29. The molecule has 0 radical (unpaired) electrons. The molecule has 0 bridgehead atoms. The second-order valence-corrected chi connectivity index (χ2v) is 8.71. The van der Waals surface area contributed by atoms with Crippen molar-refractivity contribution in [2.75, 3.05) is 12.0 Å². The number of anilines is 1. The van der Waals surface area contributed by atoms with Crippen LogP contribution in [0.15, 0.2) is 59.5 Å². The lowest BCUT2D eigenvalue weighted by Gasteiger charge is -2.26. The van der Waals surface area contributed by atoms with Crippen LogP contribution in [0.3, 0.4) is 0 Å². The number of hydrogen-bond acceptors (Lipinski definition) is 5. The third-order valence-electron chi connectivity index (χ3n) is 5.29. The van der Waals surface area contributed by atoms with Gasteiger partial charge in [-0.25, -0.2) is 0 Å². The maximum Gasteiger partial charge on any atom is 0.300 e. The molecule has 1 fully saturated rings. The number of aryl methyl sites for hydroxylation is 2. The average molecular weight is 454 g/mol. The van der Waals surface area contributed by atoms with Gasteiger partial charge in [0.15, 0.2) is 0 Å². The maximum atomic E-state index is 13.2. The number of thiophene rings is 1. The molecule has 158 valence electrons. The van der Waals surface area contributed by atoms with Crippen LogP contribution in [0.2, 0.25) is 5.02 Å². The van der Waals surface area contributed by atoms with E-state index >= 15 is 0 Å². The molecule has 1 amide bonds. The van der Waals surface area contributed by atoms with E-state index in [2.05, 4.69) is 0 Å². The lowest BCUT2D eigenvalue weighted by atomic mass is 9.99. The largest absolute Gasteiger partial charge is 0.507 e. The lowest BCUT2D eigenvalue weighted by molar-refractivity contribution is -0.132. The highest BCUT2D eigenvalue weighted by Crippen LogP contribution is 2.44. The summed E-state index contributed by atoms with van der Waals surface area (Å²) in [7, 11) is 1.49. The van der Waals surface area contributed by atoms with Gasteiger partial charge in [-0.05, 0) is 55.1 Å². The monoisotopic (exact) mass is 453 g/mol. The van der Waals surface area contributed by atoms with Gasteiger partial charge in [0.25, 0.3) is 11.7 Å². The van der Waals surface area contributed by atoms with E-state index < -0.39 is 17.7 Å². The molecule has 7 heteroatoms. The minimum absolute atomic E-state index is 0.0358. The first-order chi connectivity index (χ1) is 14.8. The number of halogens is 1. The van der Waals surface area contributed by atoms with Gasteiger partial charge in [-0.2, -0.15) is 0 Å². The molecule has 3 aromatic rings. The Morgan fingerprint density at radius 3 is 2.52 bits per heavy atom. The number of hydrogen-bond donors (Lipinski definition) is 1. The Hall–Kier alpha value is -3.09. The number of carbonyl (C=O) groups is 2. The Bertz CT molecular complexity index is 1220. The molecule has 0 aliphatic carbocycles. The summed E-state index contributed by atoms with van der Waals surface area (Å²) >= 11 is 7.64. The fourth-order valence-electron chi connectivity index (χ4n) is 3.84. The van der Waals surface area contributed by atoms with Crippen LogP contribution in [0.4, 0.5) is 5.69 Å². The van der Waals surface area contributed by atoms with Gasteiger partial charge < -0.3 is 9.84 Å². The van der Waals surface area contributed by atoms with Crippen molar-refractivity contribution in [2.45, 2.75) is 19.9 Å². The van der Waals surface area contributed by atoms with Crippen molar-refractivity contribution in [3.63, 3.8) is 0 Å². The number of Topliss-reactive ketones (excluding diaryl/α,β-unsaturated/α-hetero) is 1. The fourth-order valence-corrected chi connectivity index (χ4v) is 4.92. The van der Waals surface area contributed by atoms with E-state index in [0.29, 0.717) is 22.0 Å². The summed E-state index contributed by atoms with van der Waals surface area (Å²) in [5, 5.41) is 13.3. The molecular weight excluding hydrogens is 434 g/mol. The average Bonchev–Trinajstić information content (AvgIpc) is 3.35. The van der Waals surface area contributed by atoms with Crippen LogP contribution in [0.5, 0.6) is 5.75 Å². The standard InChI is InChI=1S/C24H20ClNO4S/c1-13-6-8-17(14(2)11-13)26-21(19-5-4-10-31-19)20(23(28)24(26)29)22(27)15-7-9-18(30-3)16(25)12-15/h4-12,21,27H,1-3H3/b22-20-. The zero-order valence-corrected chi connectivity index (χ0v) is 18.8. The molecule has 0 saturated carbocycles. The number of nitrogens with zero attached hydrogens (tertiary/aromatic N) is 1. The minimum atomic E-state index is -0.734. The van der Waals surface area contributed by atoms with E-state index in [1.165, 1.54) is 29.4 Å². The van der Waals surface area contributed by atoms with E-state index in [1.807, 2.05) is 49.6 Å². The number of aliphatic hydroxyl groups excluding tert-OH is 1. The predicted octanol–water partition coefficient (Wildman–Crippen LogP) is 5.65. The van der Waals surface area contributed by atoms with E-state index in [1.54, 1.807) is 12.1 Å². The topological polar surface area (TPSA) is 66.8 Å². The molecule has 1 aromatic heterocycles. The predicted molar refractivity (Wildman–Crippen MR) is 123 cm³/mol. The molecular formula is C24H20ClNO4S. The molecule has 1 unspecified atom stereocenters. The van der Waals surface area contributed by atoms with E-state index in [0.717, 1.165) is 16.0 Å². The molecule has 2 heterocycles. The van der Waals surface area contributed by atoms with Crippen LogP contribution in [-0.4, -0.2) is 23.9 Å². The summed E-state index contributed by atoms with van der Waals surface area (Å²) in [5.41, 5.74) is 2.94. The van der Waals surface area contributed by atoms with Crippen LogP contribution in [0.25, 0.3) is 5.76 Å². The Labute approximate surface area is 189 Å². The van der Waals surface area contributed by atoms with Crippen LogP contribution in [-0.2, 0) is 9.59 Å². The molecule has 1 atom stereocenters. The van der Waals surface area contributed by atoms with Gasteiger partial charge in [0, 0.05) is 16.1 Å². The first-order valence-electron chi connectivity index (χ1n) is 9.59. The van der Waals surface area contributed by atoms with Gasteiger partial charge in [0.1, 0.15) is 17.6 Å². The first kappa shape index (κ1) is 21.2. The van der Waals surface area contributed by atoms with Gasteiger partial charge in [-0.3, -0.25) is 14.5 Å². The quantitative estimate of drug-likeness (QED) is 0.315. The van der Waals surface area contributed by atoms with Crippen molar-refractivity contribution in [1.82, 2.24) is 0 Å². The normalized spacial score (nSPS) is 17.9. The molecule has 1 aliphatic heterocycles. The zero-order valence-electron chi connectivity index (χ0n) is 17.2. The van der Waals surface area contributed by atoms with Crippen LogP contribution in [0.1, 0.15) is 27.6 Å². The first-order valence-corrected chi connectivity index (χ1v) is 10.8. The number of methoxy groups -OCH3 is 1. The van der Waals surface area contributed by atoms with Crippen LogP contribution in [0, 0.1) is 13.8 Å². The minimum Gasteiger partial charge on any atom is -0.507 e. The third kappa shape index (κ3) is 3.62. The summed E-state index contributed by atoms with van der Waals surface area (Å²) in [5.74, 6) is -1.23. The van der Waals surface area contributed by atoms with E-state index in [-0.39, 0.29) is 11.3 Å². The molecule has 1 saturated heterocycles. The summed E-state index contributed by atoms with van der Waals surface area (Å²) in [6, 6.07) is 13.4. The number of ether oxygens (including phenoxy) is 1. The highest BCUT2D eigenvalue weighted by Gasteiger charge is 2.47. The third-order valence-corrected chi connectivity index (χ3v) is 6.51. The molecule has 1 aliphatic rings. The summed E-state index contributed by atoms with van der Waals surface area (Å²) in [6.07, 6.45) is 0. The Morgan fingerprint density at radius 2 is 1.90 bits per heavy atom. The molecule has 1 N–H and O–H groups in total. The summed E-state index contributed by atoms with van der Waals surface area (Å²) in [6.45, 7) is 3.87. The molecule has 5 nitrogen and oxygen atoms in total. The van der Waals surface area contributed by atoms with Gasteiger partial charge in [0.2, 0.25) is 0 Å². The number of amides is 1. The highest BCUT2D eigenvalue weighted by molar-refractivity contribution is 7.10. The second-order valence-electron chi connectivity index (χ2n) is 7.32. The number of aliphatic hydroxyl groups is 1. The highest BCUT2D eigenvalue weighted by atomic mass is 35.5. The van der Waals surface area contributed by atoms with Crippen molar-refractivity contribution in [3.05, 3.63) is 86.1 Å². The van der Waals surface area contributed by atoms with Gasteiger partial charge in [0.05, 0.1) is 17.7 Å². The molecule has 4 rings (SSSR count).